The molecule has 1 atom stereocenters. The van der Waals surface area contributed by atoms with Crippen LogP contribution in [0.1, 0.15) is 44.4 Å². The number of hydrogen-bond donors (Lipinski definition) is 1. The van der Waals surface area contributed by atoms with Crippen LogP contribution < -0.4 is 9.62 Å². The van der Waals surface area contributed by atoms with Crippen LogP contribution in [0.4, 0.5) is 5.69 Å². The molecule has 0 saturated carbocycles. The number of sulfonamides is 1. The molecule has 0 aliphatic heterocycles. The summed E-state index contributed by atoms with van der Waals surface area (Å²) in [7, 11) is -4.19. The molecule has 220 valence electrons. The van der Waals surface area contributed by atoms with Crippen molar-refractivity contribution >= 4 is 62.3 Å². The monoisotopic (exact) mass is 637 g/mol. The fourth-order valence-corrected chi connectivity index (χ4v) is 6.17. The molecule has 0 aliphatic carbocycles. The van der Waals surface area contributed by atoms with Crippen molar-refractivity contribution in [2.24, 2.45) is 0 Å². The number of nitrogens with one attached hydrogen (secondary N) is 1. The fraction of sp³-hybridized carbons (Fsp3) is 0.333. The minimum absolute atomic E-state index is 0.00747. The van der Waals surface area contributed by atoms with E-state index in [9.17, 15) is 18.0 Å². The molecule has 0 fully saturated rings. The van der Waals surface area contributed by atoms with Gasteiger partial charge in [0, 0.05) is 17.1 Å². The average molecular weight is 639 g/mol. The smallest absolute Gasteiger partial charge is 0.264 e. The van der Waals surface area contributed by atoms with E-state index in [0.717, 1.165) is 9.87 Å². The Balaban J connectivity index is 2.09. The second-order valence-electron chi connectivity index (χ2n) is 10.9. The Bertz CT molecular complexity index is 1540. The van der Waals surface area contributed by atoms with Crippen LogP contribution in [-0.2, 0) is 26.2 Å². The first-order valence-electron chi connectivity index (χ1n) is 12.9. The second kappa shape index (κ2) is 13.0. The Morgan fingerprint density at radius 1 is 0.902 bits per heavy atom. The maximum Gasteiger partial charge on any atom is 0.264 e. The van der Waals surface area contributed by atoms with Gasteiger partial charge in [0.25, 0.3) is 10.0 Å². The zero-order valence-corrected chi connectivity index (χ0v) is 26.9. The highest BCUT2D eigenvalue weighted by Crippen LogP contribution is 2.30. The van der Waals surface area contributed by atoms with Crippen LogP contribution in [-0.4, -0.2) is 43.3 Å². The summed E-state index contributed by atoms with van der Waals surface area (Å²) in [6.07, 6.45) is 0. The molecule has 0 heterocycles. The van der Waals surface area contributed by atoms with Crippen molar-refractivity contribution in [3.8, 4) is 0 Å². The van der Waals surface area contributed by atoms with Crippen molar-refractivity contribution in [3.63, 3.8) is 0 Å². The summed E-state index contributed by atoms with van der Waals surface area (Å²) < 4.78 is 29.0. The van der Waals surface area contributed by atoms with Gasteiger partial charge in [0.15, 0.2) is 0 Å². The third-order valence-electron chi connectivity index (χ3n) is 6.32. The Morgan fingerprint density at radius 3 is 2.10 bits per heavy atom. The molecule has 0 radical (unpaired) electrons. The number of carbonyl (C=O) groups excluding carboxylic acids is 2. The Morgan fingerprint density at radius 2 is 1.54 bits per heavy atom. The van der Waals surface area contributed by atoms with Crippen molar-refractivity contribution < 1.29 is 18.0 Å². The molecular formula is C30H34Cl3N3O4S. The summed E-state index contributed by atoms with van der Waals surface area (Å²) in [6.45, 7) is 10.1. The molecule has 3 rings (SSSR count). The van der Waals surface area contributed by atoms with Gasteiger partial charge >= 0.3 is 0 Å². The van der Waals surface area contributed by atoms with Crippen molar-refractivity contribution in [1.82, 2.24) is 10.2 Å². The van der Waals surface area contributed by atoms with Crippen molar-refractivity contribution in [3.05, 3.63) is 92.4 Å². The average Bonchev–Trinajstić information content (AvgIpc) is 2.87. The van der Waals surface area contributed by atoms with E-state index >= 15 is 0 Å². The number of carbonyl (C=O) groups is 2. The molecule has 2 amide bonds. The molecule has 0 bridgehead atoms. The number of aryl methyl sites for hydroxylation is 2. The van der Waals surface area contributed by atoms with Crippen LogP contribution in [0, 0.1) is 13.8 Å². The lowest BCUT2D eigenvalue weighted by Crippen LogP contribution is -2.54. The highest BCUT2D eigenvalue weighted by Gasteiger charge is 2.34. The van der Waals surface area contributed by atoms with Gasteiger partial charge in [-0.2, -0.15) is 0 Å². The van der Waals surface area contributed by atoms with Crippen LogP contribution in [0.2, 0.25) is 15.1 Å². The summed E-state index contributed by atoms with van der Waals surface area (Å²) >= 11 is 18.5. The van der Waals surface area contributed by atoms with E-state index in [1.165, 1.54) is 17.0 Å². The molecule has 0 aliphatic rings. The highest BCUT2D eigenvalue weighted by atomic mass is 35.5. The highest BCUT2D eigenvalue weighted by molar-refractivity contribution is 7.92. The van der Waals surface area contributed by atoms with Gasteiger partial charge in [-0.1, -0.05) is 58.6 Å². The molecule has 0 unspecified atom stereocenters. The van der Waals surface area contributed by atoms with E-state index in [1.807, 2.05) is 27.7 Å². The molecule has 0 aromatic heterocycles. The third kappa shape index (κ3) is 8.38. The van der Waals surface area contributed by atoms with Gasteiger partial charge in [0.1, 0.15) is 12.6 Å². The minimum atomic E-state index is -4.19. The quantitative estimate of drug-likeness (QED) is 0.280. The standard InChI is InChI=1S/C30H34Cl3N3O4S/c1-19-7-11-24(12-8-19)41(39,40)36(27-14-10-23(31)15-20(27)2)18-28(37)35(21(3)29(38)34-30(4,5)6)17-22-9-13-25(32)26(33)16-22/h7-16,21H,17-18H2,1-6H3,(H,34,38)/t21-/m1/s1. The minimum Gasteiger partial charge on any atom is -0.350 e. The second-order valence-corrected chi connectivity index (χ2v) is 14.1. The van der Waals surface area contributed by atoms with E-state index in [-0.39, 0.29) is 17.3 Å². The lowest BCUT2D eigenvalue weighted by molar-refractivity contribution is -0.140. The zero-order chi connectivity index (χ0) is 30.7. The van der Waals surface area contributed by atoms with Crippen molar-refractivity contribution in [1.29, 1.82) is 0 Å². The zero-order valence-electron chi connectivity index (χ0n) is 23.8. The molecular weight excluding hydrogens is 605 g/mol. The molecule has 1 N–H and O–H groups in total. The van der Waals surface area contributed by atoms with Gasteiger partial charge in [-0.3, -0.25) is 13.9 Å². The van der Waals surface area contributed by atoms with E-state index < -0.39 is 34.1 Å². The molecule has 7 nitrogen and oxygen atoms in total. The Hall–Kier alpha value is -2.78. The maximum atomic E-state index is 14.1. The lowest BCUT2D eigenvalue weighted by atomic mass is 10.1. The predicted molar refractivity (Wildman–Crippen MR) is 166 cm³/mol. The number of rotatable bonds is 9. The Kier molecular flexibility index (Phi) is 10.4. The van der Waals surface area contributed by atoms with Gasteiger partial charge in [-0.25, -0.2) is 8.42 Å². The summed E-state index contributed by atoms with van der Waals surface area (Å²) in [6, 6.07) is 15.1. The number of amides is 2. The van der Waals surface area contributed by atoms with Gasteiger partial charge in [-0.15, -0.1) is 0 Å². The van der Waals surface area contributed by atoms with Gasteiger partial charge < -0.3 is 10.2 Å². The van der Waals surface area contributed by atoms with Crippen LogP contribution in [0.5, 0.6) is 0 Å². The van der Waals surface area contributed by atoms with E-state index in [0.29, 0.717) is 31.9 Å². The van der Waals surface area contributed by atoms with E-state index in [2.05, 4.69) is 5.32 Å². The fourth-order valence-electron chi connectivity index (χ4n) is 4.14. The number of anilines is 1. The van der Waals surface area contributed by atoms with Crippen LogP contribution in [0.3, 0.4) is 0 Å². The summed E-state index contributed by atoms with van der Waals surface area (Å²) in [4.78, 5) is 28.6. The number of benzene rings is 3. The number of hydrogen-bond acceptors (Lipinski definition) is 4. The summed E-state index contributed by atoms with van der Waals surface area (Å²) in [5.74, 6) is -0.973. The molecule has 0 spiro atoms. The van der Waals surface area contributed by atoms with E-state index in [1.54, 1.807) is 62.4 Å². The number of nitrogens with zero attached hydrogens (tertiary/aromatic N) is 2. The lowest BCUT2D eigenvalue weighted by Gasteiger charge is -2.34. The normalized spacial score (nSPS) is 12.5. The maximum absolute atomic E-state index is 14.1. The molecule has 11 heteroatoms. The molecule has 41 heavy (non-hydrogen) atoms. The van der Waals surface area contributed by atoms with Crippen LogP contribution in [0.15, 0.2) is 65.6 Å². The summed E-state index contributed by atoms with van der Waals surface area (Å²) in [5.41, 5.74) is 1.82. The van der Waals surface area contributed by atoms with Crippen LogP contribution >= 0.6 is 34.8 Å². The first-order valence-corrected chi connectivity index (χ1v) is 15.5. The van der Waals surface area contributed by atoms with Crippen LogP contribution in [0.25, 0.3) is 0 Å². The predicted octanol–water partition coefficient (Wildman–Crippen LogP) is 6.79. The first kappa shape index (κ1) is 32.7. The summed E-state index contributed by atoms with van der Waals surface area (Å²) in [5, 5.41) is 3.97. The van der Waals surface area contributed by atoms with E-state index in [4.69, 9.17) is 34.8 Å². The van der Waals surface area contributed by atoms with Crippen molar-refractivity contribution in [2.45, 2.75) is 64.6 Å². The van der Waals surface area contributed by atoms with Gasteiger partial charge in [0.2, 0.25) is 11.8 Å². The Labute approximate surface area is 257 Å². The molecule has 3 aromatic rings. The first-order chi connectivity index (χ1) is 19.0. The topological polar surface area (TPSA) is 86.8 Å². The molecule has 3 aromatic carbocycles. The third-order valence-corrected chi connectivity index (χ3v) is 9.07. The molecule has 0 saturated heterocycles. The van der Waals surface area contributed by atoms with Gasteiger partial charge in [-0.05, 0) is 95.1 Å². The van der Waals surface area contributed by atoms with Crippen molar-refractivity contribution in [2.75, 3.05) is 10.8 Å². The van der Waals surface area contributed by atoms with Gasteiger partial charge in [0.05, 0.1) is 20.6 Å². The number of halogens is 3. The SMILES string of the molecule is Cc1ccc(S(=O)(=O)N(CC(=O)N(Cc2ccc(Cl)c(Cl)c2)[C@H](C)C(=O)NC(C)(C)C)c2ccc(Cl)cc2C)cc1. The largest absolute Gasteiger partial charge is 0.350 e.